The van der Waals surface area contributed by atoms with Crippen LogP contribution >= 0.6 is 11.6 Å². The summed E-state index contributed by atoms with van der Waals surface area (Å²) in [5.74, 6) is -1.66. The molecule has 0 radical (unpaired) electrons. The Morgan fingerprint density at radius 3 is 2.38 bits per heavy atom. The number of aliphatic carboxylic acids is 1. The van der Waals surface area contributed by atoms with Crippen molar-refractivity contribution in [2.75, 3.05) is 0 Å². The molecule has 1 aliphatic heterocycles. The molecule has 6 nitrogen and oxygen atoms in total. The number of hydrogen-bond acceptors (Lipinski definition) is 3. The predicted molar refractivity (Wildman–Crippen MR) is 110 cm³/mol. The van der Waals surface area contributed by atoms with E-state index in [1.807, 2.05) is 42.5 Å². The summed E-state index contributed by atoms with van der Waals surface area (Å²) in [5.41, 5.74) is 0.679. The Morgan fingerprint density at radius 2 is 1.79 bits per heavy atom. The summed E-state index contributed by atoms with van der Waals surface area (Å²) in [4.78, 5) is 38.2. The third kappa shape index (κ3) is 4.12. The topological polar surface area (TPSA) is 86.7 Å². The van der Waals surface area contributed by atoms with E-state index < -0.39 is 29.4 Å². The van der Waals surface area contributed by atoms with Gasteiger partial charge in [-0.25, -0.2) is 14.5 Å². The van der Waals surface area contributed by atoms with Gasteiger partial charge in [0.1, 0.15) is 0 Å². The number of nitrogens with zero attached hydrogens (tertiary/aromatic N) is 1. The number of amides is 3. The molecule has 2 aromatic rings. The number of benzene rings is 2. The fourth-order valence-electron chi connectivity index (χ4n) is 3.70. The van der Waals surface area contributed by atoms with Crippen LogP contribution in [-0.2, 0) is 16.0 Å². The Morgan fingerprint density at radius 1 is 1.17 bits per heavy atom. The van der Waals surface area contributed by atoms with Gasteiger partial charge in [0.05, 0.1) is 11.5 Å². The summed E-state index contributed by atoms with van der Waals surface area (Å²) in [6, 6.07) is 14.2. The van der Waals surface area contributed by atoms with Crippen LogP contribution in [0.5, 0.6) is 0 Å². The van der Waals surface area contributed by atoms with Gasteiger partial charge in [0, 0.05) is 5.02 Å². The number of carbonyl (C=O) groups excluding carboxylic acids is 2. The van der Waals surface area contributed by atoms with Crippen molar-refractivity contribution in [1.29, 1.82) is 0 Å². The van der Waals surface area contributed by atoms with Crippen molar-refractivity contribution in [2.24, 2.45) is 5.41 Å². The highest BCUT2D eigenvalue weighted by Gasteiger charge is 2.63. The van der Waals surface area contributed by atoms with Gasteiger partial charge in [-0.1, -0.05) is 54.1 Å². The van der Waals surface area contributed by atoms with Gasteiger partial charge >= 0.3 is 12.0 Å². The van der Waals surface area contributed by atoms with E-state index in [0.29, 0.717) is 17.9 Å². The van der Waals surface area contributed by atoms with Crippen LogP contribution in [0.2, 0.25) is 5.02 Å². The highest BCUT2D eigenvalue weighted by molar-refractivity contribution is 6.30. The summed E-state index contributed by atoms with van der Waals surface area (Å²) in [7, 11) is 0. The summed E-state index contributed by atoms with van der Waals surface area (Å²) >= 11 is 5.88. The molecule has 0 unspecified atom stereocenters. The zero-order valence-corrected chi connectivity index (χ0v) is 17.0. The van der Waals surface area contributed by atoms with Crippen LogP contribution in [-0.4, -0.2) is 34.0 Å². The first-order chi connectivity index (χ1) is 13.7. The normalized spacial score (nSPS) is 22.0. The van der Waals surface area contributed by atoms with Gasteiger partial charge < -0.3 is 10.4 Å². The maximum Gasteiger partial charge on any atom is 0.328 e. The first-order valence-corrected chi connectivity index (χ1v) is 9.78. The molecular weight excluding hydrogens is 392 g/mol. The molecule has 1 heterocycles. The van der Waals surface area contributed by atoms with Gasteiger partial charge in [-0.3, -0.25) is 4.79 Å². The standard InChI is InChI=1S/C22H23ClN2O4/c1-14(16-6-4-3-5-7-16)24-21(29)25-18(19(26)27)22(2,20(25)28)13-12-15-8-10-17(23)11-9-15/h3-11,14,18H,12-13H2,1-2H3,(H,24,29)(H,26,27)/t14-,18-,22-/m1/s1. The van der Waals surface area contributed by atoms with Gasteiger partial charge in [-0.05, 0) is 49.9 Å². The lowest BCUT2D eigenvalue weighted by Gasteiger charge is -2.50. The van der Waals surface area contributed by atoms with Gasteiger partial charge in [0.2, 0.25) is 5.91 Å². The number of carbonyl (C=O) groups is 3. The zero-order valence-electron chi connectivity index (χ0n) is 16.3. The van der Waals surface area contributed by atoms with Gasteiger partial charge in [0.15, 0.2) is 6.04 Å². The molecule has 0 saturated carbocycles. The van der Waals surface area contributed by atoms with Crippen molar-refractivity contribution < 1.29 is 19.5 Å². The number of β-lactam (4-membered cyclic amide) rings is 1. The molecule has 0 aliphatic carbocycles. The van der Waals surface area contributed by atoms with Crippen LogP contribution in [0.4, 0.5) is 4.79 Å². The van der Waals surface area contributed by atoms with E-state index in [4.69, 9.17) is 11.6 Å². The second-order valence-corrected chi connectivity index (χ2v) is 7.98. The quantitative estimate of drug-likeness (QED) is 0.698. The van der Waals surface area contributed by atoms with E-state index in [1.54, 1.807) is 26.0 Å². The SMILES string of the molecule is C[C@@H](NC(=O)N1C(=O)[C@](C)(CCc2ccc(Cl)cc2)[C@H]1C(=O)O)c1ccccc1. The van der Waals surface area contributed by atoms with Gasteiger partial charge in [0.25, 0.3) is 0 Å². The van der Waals surface area contributed by atoms with Crippen LogP contribution in [0.1, 0.15) is 37.4 Å². The lowest BCUT2D eigenvalue weighted by atomic mass is 9.68. The van der Waals surface area contributed by atoms with Crippen LogP contribution in [0, 0.1) is 5.41 Å². The van der Waals surface area contributed by atoms with Crippen molar-refractivity contribution in [3.05, 3.63) is 70.7 Å². The molecular formula is C22H23ClN2O4. The maximum atomic E-state index is 12.8. The highest BCUT2D eigenvalue weighted by Crippen LogP contribution is 2.43. The first kappa shape index (κ1) is 20.9. The Kier molecular flexibility index (Phi) is 5.94. The van der Waals surface area contributed by atoms with E-state index in [0.717, 1.165) is 16.0 Å². The zero-order chi connectivity index (χ0) is 21.2. The van der Waals surface area contributed by atoms with E-state index >= 15 is 0 Å². The fraction of sp³-hybridized carbons (Fsp3) is 0.318. The molecule has 152 valence electrons. The van der Waals surface area contributed by atoms with Crippen LogP contribution in [0.15, 0.2) is 54.6 Å². The van der Waals surface area contributed by atoms with Crippen molar-refractivity contribution >= 4 is 29.5 Å². The highest BCUT2D eigenvalue weighted by atomic mass is 35.5. The number of nitrogens with one attached hydrogen (secondary N) is 1. The molecule has 1 aliphatic rings. The number of imide groups is 1. The summed E-state index contributed by atoms with van der Waals surface area (Å²) in [6.07, 6.45) is 0.835. The lowest BCUT2D eigenvalue weighted by molar-refractivity contribution is -0.177. The van der Waals surface area contributed by atoms with E-state index in [9.17, 15) is 19.5 Å². The maximum absolute atomic E-state index is 12.8. The Hall–Kier alpha value is -2.86. The Labute approximate surface area is 174 Å². The summed E-state index contributed by atoms with van der Waals surface area (Å²) in [6.45, 7) is 3.39. The number of urea groups is 1. The number of carboxylic acids is 1. The second-order valence-electron chi connectivity index (χ2n) is 7.54. The predicted octanol–water partition coefficient (Wildman–Crippen LogP) is 4.05. The monoisotopic (exact) mass is 414 g/mol. The van der Waals surface area contributed by atoms with Crippen molar-refractivity contribution in [2.45, 2.75) is 38.8 Å². The molecule has 3 atom stereocenters. The second kappa shape index (κ2) is 8.25. The van der Waals surface area contributed by atoms with Crippen molar-refractivity contribution in [1.82, 2.24) is 10.2 Å². The molecule has 0 aromatic heterocycles. The van der Waals surface area contributed by atoms with Crippen LogP contribution in [0.25, 0.3) is 0 Å². The third-order valence-electron chi connectivity index (χ3n) is 5.51. The smallest absolute Gasteiger partial charge is 0.328 e. The first-order valence-electron chi connectivity index (χ1n) is 9.40. The molecule has 2 N–H and O–H groups in total. The van der Waals surface area contributed by atoms with Gasteiger partial charge in [-0.15, -0.1) is 0 Å². The number of rotatable bonds is 6. The molecule has 2 aromatic carbocycles. The van der Waals surface area contributed by atoms with Crippen LogP contribution < -0.4 is 5.32 Å². The number of halogens is 1. The third-order valence-corrected chi connectivity index (χ3v) is 5.76. The van der Waals surface area contributed by atoms with E-state index in [1.165, 1.54) is 0 Å². The molecule has 3 amide bonds. The average Bonchev–Trinajstić information content (AvgIpc) is 2.70. The molecule has 3 rings (SSSR count). The fourth-order valence-corrected chi connectivity index (χ4v) is 3.83. The Bertz CT molecular complexity index is 916. The molecule has 29 heavy (non-hydrogen) atoms. The number of hydrogen-bond donors (Lipinski definition) is 2. The largest absolute Gasteiger partial charge is 0.480 e. The van der Waals surface area contributed by atoms with Crippen LogP contribution in [0.3, 0.4) is 0 Å². The van der Waals surface area contributed by atoms with Crippen molar-refractivity contribution in [3.8, 4) is 0 Å². The molecule has 7 heteroatoms. The van der Waals surface area contributed by atoms with E-state index in [-0.39, 0.29) is 6.04 Å². The number of carboxylic acid groups (broad SMARTS) is 1. The average molecular weight is 415 g/mol. The summed E-state index contributed by atoms with van der Waals surface area (Å²) in [5, 5.41) is 13.0. The minimum atomic E-state index is -1.20. The lowest BCUT2D eigenvalue weighted by Crippen LogP contribution is -2.73. The summed E-state index contributed by atoms with van der Waals surface area (Å²) < 4.78 is 0. The minimum Gasteiger partial charge on any atom is -0.480 e. The van der Waals surface area contributed by atoms with Gasteiger partial charge in [-0.2, -0.15) is 0 Å². The number of aryl methyl sites for hydroxylation is 1. The Balaban J connectivity index is 1.70. The van der Waals surface area contributed by atoms with Crippen molar-refractivity contribution in [3.63, 3.8) is 0 Å². The van der Waals surface area contributed by atoms with E-state index in [2.05, 4.69) is 5.32 Å². The molecule has 1 fully saturated rings. The molecule has 1 saturated heterocycles. The molecule has 0 spiro atoms. The molecule has 0 bridgehead atoms. The number of likely N-dealkylation sites (tertiary alicyclic amines) is 1. The minimum absolute atomic E-state index is 0.322.